The van der Waals surface area contributed by atoms with Gasteiger partial charge in [0.05, 0.1) is 4.47 Å². The number of nitrogens with zero attached hydrogens (tertiary/aromatic N) is 2. The van der Waals surface area contributed by atoms with Gasteiger partial charge >= 0.3 is 0 Å². The number of benzene rings is 1. The third kappa shape index (κ3) is 2.81. The second kappa shape index (κ2) is 5.33. The number of hydrogen-bond donors (Lipinski definition) is 1. The van der Waals surface area contributed by atoms with Gasteiger partial charge in [-0.2, -0.15) is 0 Å². The van der Waals surface area contributed by atoms with E-state index in [1.165, 1.54) is 6.07 Å². The molecule has 1 aromatic heterocycles. The first-order valence-electron chi connectivity index (χ1n) is 6.18. The summed E-state index contributed by atoms with van der Waals surface area (Å²) >= 11 is 3.14. The van der Waals surface area contributed by atoms with Gasteiger partial charge in [0.15, 0.2) is 0 Å². The average molecular weight is 326 g/mol. The molecule has 5 heteroatoms. The highest BCUT2D eigenvalue weighted by atomic mass is 79.9. The third-order valence-corrected chi connectivity index (χ3v) is 3.58. The maximum absolute atomic E-state index is 13.6. The predicted octanol–water partition coefficient (Wildman–Crippen LogP) is 4.00. The molecule has 0 atom stereocenters. The molecule has 1 aromatic carbocycles. The molecule has 0 aliphatic rings. The maximum Gasteiger partial charge on any atom is 0.138 e. The topological polar surface area (TPSA) is 43.8 Å². The standard InChI is InChI=1S/C14H17BrFN3/c1-8(2)7-19-9(3)18-13(14(19)17)10-4-5-11(15)12(16)6-10/h4-6,8H,7,17H2,1-3H3. The Morgan fingerprint density at radius 1 is 1.42 bits per heavy atom. The normalized spacial score (nSPS) is 11.3. The number of aromatic nitrogens is 2. The minimum Gasteiger partial charge on any atom is -0.383 e. The van der Waals surface area contributed by atoms with Gasteiger partial charge in [0, 0.05) is 12.1 Å². The van der Waals surface area contributed by atoms with Crippen LogP contribution in [0.25, 0.3) is 11.3 Å². The zero-order valence-corrected chi connectivity index (χ0v) is 12.8. The van der Waals surface area contributed by atoms with E-state index in [0.29, 0.717) is 27.5 Å². The van der Waals surface area contributed by atoms with Crippen molar-refractivity contribution < 1.29 is 4.39 Å². The summed E-state index contributed by atoms with van der Waals surface area (Å²) in [5.74, 6) is 1.61. The molecule has 0 aliphatic heterocycles. The predicted molar refractivity (Wildman–Crippen MR) is 79.3 cm³/mol. The first-order valence-corrected chi connectivity index (χ1v) is 6.97. The van der Waals surface area contributed by atoms with Crippen LogP contribution in [0, 0.1) is 18.7 Å². The number of halogens is 2. The van der Waals surface area contributed by atoms with Gasteiger partial charge in [-0.15, -0.1) is 0 Å². The first kappa shape index (κ1) is 14.1. The van der Waals surface area contributed by atoms with Gasteiger partial charge in [-0.1, -0.05) is 19.9 Å². The Bertz CT molecular complexity index is 605. The average Bonchev–Trinajstić information content (AvgIpc) is 2.60. The Balaban J connectivity index is 2.48. The van der Waals surface area contributed by atoms with Crippen molar-refractivity contribution in [2.45, 2.75) is 27.3 Å². The fourth-order valence-electron chi connectivity index (χ4n) is 2.03. The third-order valence-electron chi connectivity index (χ3n) is 2.94. The Morgan fingerprint density at radius 2 is 2.11 bits per heavy atom. The molecule has 0 bridgehead atoms. The van der Waals surface area contributed by atoms with Crippen molar-refractivity contribution in [2.24, 2.45) is 5.92 Å². The van der Waals surface area contributed by atoms with E-state index < -0.39 is 0 Å². The van der Waals surface area contributed by atoms with Gasteiger partial charge in [-0.3, -0.25) is 0 Å². The van der Waals surface area contributed by atoms with E-state index in [-0.39, 0.29) is 5.82 Å². The van der Waals surface area contributed by atoms with E-state index in [1.807, 2.05) is 17.6 Å². The number of anilines is 1. The Labute approximate surface area is 120 Å². The van der Waals surface area contributed by atoms with Crippen molar-refractivity contribution in [3.05, 3.63) is 34.3 Å². The molecule has 0 saturated carbocycles. The molecule has 0 spiro atoms. The Kier molecular flexibility index (Phi) is 3.94. The molecule has 3 nitrogen and oxygen atoms in total. The molecule has 0 fully saturated rings. The largest absolute Gasteiger partial charge is 0.383 e. The van der Waals surface area contributed by atoms with Crippen LogP contribution in [0.2, 0.25) is 0 Å². The highest BCUT2D eigenvalue weighted by molar-refractivity contribution is 9.10. The van der Waals surface area contributed by atoms with E-state index in [1.54, 1.807) is 6.07 Å². The zero-order valence-electron chi connectivity index (χ0n) is 11.2. The number of hydrogen-bond acceptors (Lipinski definition) is 2. The second-order valence-corrected chi connectivity index (χ2v) is 5.88. The lowest BCUT2D eigenvalue weighted by atomic mass is 10.1. The summed E-state index contributed by atoms with van der Waals surface area (Å²) in [6, 6.07) is 4.92. The molecular formula is C14H17BrFN3. The SMILES string of the molecule is Cc1nc(-c2ccc(Br)c(F)c2)c(N)n1CC(C)C. The van der Waals surface area contributed by atoms with Gasteiger partial charge in [0.2, 0.25) is 0 Å². The minimum atomic E-state index is -0.312. The van der Waals surface area contributed by atoms with E-state index in [2.05, 4.69) is 34.8 Å². The highest BCUT2D eigenvalue weighted by Gasteiger charge is 2.15. The molecule has 0 unspecified atom stereocenters. The lowest BCUT2D eigenvalue weighted by Gasteiger charge is -2.10. The van der Waals surface area contributed by atoms with Gasteiger partial charge in [-0.25, -0.2) is 9.37 Å². The second-order valence-electron chi connectivity index (χ2n) is 5.03. The van der Waals surface area contributed by atoms with Crippen LogP contribution in [0.3, 0.4) is 0 Å². The summed E-state index contributed by atoms with van der Waals surface area (Å²) in [5, 5.41) is 0. The lowest BCUT2D eigenvalue weighted by Crippen LogP contribution is -2.09. The molecule has 1 heterocycles. The number of imidazole rings is 1. The van der Waals surface area contributed by atoms with Crippen LogP contribution in [-0.4, -0.2) is 9.55 Å². The van der Waals surface area contributed by atoms with Gasteiger partial charge < -0.3 is 10.3 Å². The quantitative estimate of drug-likeness (QED) is 0.926. The smallest absolute Gasteiger partial charge is 0.138 e. The van der Waals surface area contributed by atoms with E-state index in [0.717, 1.165) is 12.4 Å². The number of nitrogen functional groups attached to an aromatic ring is 1. The number of nitrogens with two attached hydrogens (primary N) is 1. The molecule has 0 saturated heterocycles. The van der Waals surface area contributed by atoms with Crippen LogP contribution in [-0.2, 0) is 6.54 Å². The van der Waals surface area contributed by atoms with Crippen molar-refractivity contribution in [1.82, 2.24) is 9.55 Å². The summed E-state index contributed by atoms with van der Waals surface area (Å²) in [7, 11) is 0. The van der Waals surface area contributed by atoms with Crippen LogP contribution in [0.15, 0.2) is 22.7 Å². The van der Waals surface area contributed by atoms with E-state index >= 15 is 0 Å². The Morgan fingerprint density at radius 3 is 2.68 bits per heavy atom. The van der Waals surface area contributed by atoms with Crippen LogP contribution in [0.5, 0.6) is 0 Å². The minimum absolute atomic E-state index is 0.312. The van der Waals surface area contributed by atoms with Crippen molar-refractivity contribution in [3.63, 3.8) is 0 Å². The molecule has 2 aromatic rings. The van der Waals surface area contributed by atoms with Gasteiger partial charge in [-0.05, 0) is 40.9 Å². The molecular weight excluding hydrogens is 309 g/mol. The Hall–Kier alpha value is -1.36. The summed E-state index contributed by atoms with van der Waals surface area (Å²) < 4.78 is 16.0. The first-order chi connectivity index (χ1) is 8.90. The van der Waals surface area contributed by atoms with Crippen LogP contribution in [0.4, 0.5) is 10.2 Å². The monoisotopic (exact) mass is 325 g/mol. The van der Waals surface area contributed by atoms with Crippen molar-refractivity contribution in [3.8, 4) is 11.3 Å². The lowest BCUT2D eigenvalue weighted by molar-refractivity contribution is 0.518. The van der Waals surface area contributed by atoms with Gasteiger partial charge in [0.1, 0.15) is 23.2 Å². The zero-order chi connectivity index (χ0) is 14.2. The summed E-state index contributed by atoms with van der Waals surface area (Å²) in [6.45, 7) is 6.97. The molecule has 2 N–H and O–H groups in total. The maximum atomic E-state index is 13.6. The molecule has 0 radical (unpaired) electrons. The van der Waals surface area contributed by atoms with Crippen LogP contribution >= 0.6 is 15.9 Å². The van der Waals surface area contributed by atoms with E-state index in [9.17, 15) is 4.39 Å². The molecule has 102 valence electrons. The highest BCUT2D eigenvalue weighted by Crippen LogP contribution is 2.29. The van der Waals surface area contributed by atoms with Crippen LogP contribution in [0.1, 0.15) is 19.7 Å². The fraction of sp³-hybridized carbons (Fsp3) is 0.357. The molecule has 0 aliphatic carbocycles. The number of rotatable bonds is 3. The van der Waals surface area contributed by atoms with Crippen molar-refractivity contribution in [2.75, 3.05) is 5.73 Å². The van der Waals surface area contributed by atoms with Crippen molar-refractivity contribution in [1.29, 1.82) is 0 Å². The number of aryl methyl sites for hydroxylation is 1. The summed E-state index contributed by atoms with van der Waals surface area (Å²) in [4.78, 5) is 4.46. The molecule has 0 amide bonds. The van der Waals surface area contributed by atoms with Crippen LogP contribution < -0.4 is 5.73 Å². The fourth-order valence-corrected chi connectivity index (χ4v) is 2.28. The molecule has 19 heavy (non-hydrogen) atoms. The van der Waals surface area contributed by atoms with Crippen molar-refractivity contribution >= 4 is 21.7 Å². The van der Waals surface area contributed by atoms with Gasteiger partial charge in [0.25, 0.3) is 0 Å². The summed E-state index contributed by atoms with van der Waals surface area (Å²) in [6.07, 6.45) is 0. The van der Waals surface area contributed by atoms with E-state index in [4.69, 9.17) is 5.73 Å². The molecule has 2 rings (SSSR count). The summed E-state index contributed by atoms with van der Waals surface area (Å²) in [5.41, 5.74) is 7.48.